The van der Waals surface area contributed by atoms with Crippen molar-refractivity contribution in [2.45, 2.75) is 46.0 Å². The minimum absolute atomic E-state index is 0.744. The molecule has 2 rings (SSSR count). The molecule has 0 saturated heterocycles. The summed E-state index contributed by atoms with van der Waals surface area (Å²) < 4.78 is 5.56. The molecular weight excluding hydrogens is 258 g/mol. The normalized spacial score (nSPS) is 10.6. The number of rotatable bonds is 8. The fourth-order valence-corrected chi connectivity index (χ4v) is 2.28. The van der Waals surface area contributed by atoms with Gasteiger partial charge in [0.15, 0.2) is 0 Å². The van der Waals surface area contributed by atoms with Crippen LogP contribution in [-0.4, -0.2) is 11.6 Å². The summed E-state index contributed by atoms with van der Waals surface area (Å²) in [6.45, 7) is 5.08. The first-order chi connectivity index (χ1) is 10.3. The number of hydrogen-bond donors (Lipinski definition) is 0. The monoisotopic (exact) mass is 283 g/mol. The van der Waals surface area contributed by atoms with Gasteiger partial charge in [-0.15, -0.1) is 0 Å². The topological polar surface area (TPSA) is 22.1 Å². The summed E-state index contributed by atoms with van der Waals surface area (Å²) in [5.74, 6) is 0.844. The van der Waals surface area contributed by atoms with Crippen LogP contribution in [0.3, 0.4) is 0 Å². The first-order valence-corrected chi connectivity index (χ1v) is 8.01. The predicted molar refractivity (Wildman–Crippen MR) is 88.7 cm³/mol. The predicted octanol–water partition coefficient (Wildman–Crippen LogP) is 5.27. The van der Waals surface area contributed by atoms with Gasteiger partial charge in [-0.3, -0.25) is 4.98 Å². The van der Waals surface area contributed by atoms with E-state index in [1.165, 1.54) is 31.2 Å². The van der Waals surface area contributed by atoms with E-state index in [-0.39, 0.29) is 0 Å². The molecule has 0 aliphatic heterocycles. The van der Waals surface area contributed by atoms with Crippen LogP contribution in [0.25, 0.3) is 11.3 Å². The fraction of sp³-hybridized carbons (Fsp3) is 0.421. The van der Waals surface area contributed by atoms with E-state index in [2.05, 4.69) is 43.1 Å². The summed E-state index contributed by atoms with van der Waals surface area (Å²) in [5, 5.41) is 0. The maximum absolute atomic E-state index is 5.56. The van der Waals surface area contributed by atoms with Gasteiger partial charge in [0.1, 0.15) is 5.75 Å². The Labute approximate surface area is 128 Å². The van der Waals surface area contributed by atoms with E-state index in [4.69, 9.17) is 4.74 Å². The first-order valence-electron chi connectivity index (χ1n) is 8.01. The van der Waals surface area contributed by atoms with Crippen LogP contribution in [0.5, 0.6) is 5.75 Å². The number of unbranched alkanes of at least 4 members (excludes halogenated alkanes) is 2. The van der Waals surface area contributed by atoms with Gasteiger partial charge in [0.25, 0.3) is 0 Å². The van der Waals surface area contributed by atoms with Gasteiger partial charge >= 0.3 is 0 Å². The summed E-state index contributed by atoms with van der Waals surface area (Å²) in [7, 11) is 0. The van der Waals surface area contributed by atoms with E-state index in [9.17, 15) is 0 Å². The van der Waals surface area contributed by atoms with Crippen LogP contribution < -0.4 is 4.74 Å². The van der Waals surface area contributed by atoms with Crippen molar-refractivity contribution in [2.75, 3.05) is 6.61 Å². The number of pyridine rings is 1. The van der Waals surface area contributed by atoms with Crippen LogP contribution in [0.1, 0.15) is 45.1 Å². The van der Waals surface area contributed by atoms with Crippen molar-refractivity contribution in [1.29, 1.82) is 0 Å². The van der Waals surface area contributed by atoms with E-state index in [0.717, 1.165) is 30.0 Å². The first kappa shape index (κ1) is 15.6. The van der Waals surface area contributed by atoms with Crippen molar-refractivity contribution < 1.29 is 4.74 Å². The van der Waals surface area contributed by atoms with Crippen molar-refractivity contribution in [3.05, 3.63) is 48.2 Å². The lowest BCUT2D eigenvalue weighted by atomic mass is 10.0. The molecular formula is C19H25NO. The van der Waals surface area contributed by atoms with Crippen LogP contribution in [0.15, 0.2) is 42.6 Å². The average molecular weight is 283 g/mol. The second kappa shape index (κ2) is 8.46. The third-order valence-corrected chi connectivity index (χ3v) is 3.53. The van der Waals surface area contributed by atoms with Crippen molar-refractivity contribution >= 4 is 0 Å². The summed E-state index contributed by atoms with van der Waals surface area (Å²) >= 11 is 0. The molecule has 0 radical (unpaired) electrons. The highest BCUT2D eigenvalue weighted by Crippen LogP contribution is 2.20. The zero-order chi connectivity index (χ0) is 14.9. The minimum atomic E-state index is 0.744. The summed E-state index contributed by atoms with van der Waals surface area (Å²) in [6, 6.07) is 12.8. The van der Waals surface area contributed by atoms with Gasteiger partial charge in [0.2, 0.25) is 0 Å². The summed E-state index contributed by atoms with van der Waals surface area (Å²) in [5.41, 5.74) is 3.57. The van der Waals surface area contributed by atoms with Crippen LogP contribution in [0.4, 0.5) is 0 Å². The van der Waals surface area contributed by atoms with E-state index in [1.54, 1.807) is 6.20 Å². The largest absolute Gasteiger partial charge is 0.492 e. The zero-order valence-corrected chi connectivity index (χ0v) is 13.1. The summed E-state index contributed by atoms with van der Waals surface area (Å²) in [4.78, 5) is 4.48. The Morgan fingerprint density at radius 2 is 1.71 bits per heavy atom. The Bertz CT molecular complexity index is 516. The van der Waals surface area contributed by atoms with Gasteiger partial charge in [0, 0.05) is 5.56 Å². The second-order valence-corrected chi connectivity index (χ2v) is 5.38. The van der Waals surface area contributed by atoms with Crippen LogP contribution in [-0.2, 0) is 6.42 Å². The SMILES string of the molecule is CCCCCc1ccc(-c2ccc(OCCC)cn2)cc1. The molecule has 1 heterocycles. The van der Waals surface area contributed by atoms with E-state index < -0.39 is 0 Å². The number of aromatic nitrogens is 1. The van der Waals surface area contributed by atoms with Crippen molar-refractivity contribution in [3.63, 3.8) is 0 Å². The lowest BCUT2D eigenvalue weighted by Crippen LogP contribution is -1.95. The van der Waals surface area contributed by atoms with Gasteiger partial charge in [-0.2, -0.15) is 0 Å². The van der Waals surface area contributed by atoms with Crippen molar-refractivity contribution in [2.24, 2.45) is 0 Å². The fourth-order valence-electron chi connectivity index (χ4n) is 2.28. The smallest absolute Gasteiger partial charge is 0.137 e. The van der Waals surface area contributed by atoms with E-state index in [0.29, 0.717) is 0 Å². The van der Waals surface area contributed by atoms with Crippen LogP contribution in [0.2, 0.25) is 0 Å². The van der Waals surface area contributed by atoms with Crippen LogP contribution in [0, 0.1) is 0 Å². The Morgan fingerprint density at radius 3 is 2.33 bits per heavy atom. The molecule has 2 heteroatoms. The number of ether oxygens (including phenoxy) is 1. The second-order valence-electron chi connectivity index (χ2n) is 5.38. The maximum atomic E-state index is 5.56. The number of aryl methyl sites for hydroxylation is 1. The van der Waals surface area contributed by atoms with Gasteiger partial charge in [-0.25, -0.2) is 0 Å². The molecule has 0 N–H and O–H groups in total. The zero-order valence-electron chi connectivity index (χ0n) is 13.1. The lowest BCUT2D eigenvalue weighted by molar-refractivity contribution is 0.316. The molecule has 21 heavy (non-hydrogen) atoms. The molecule has 0 spiro atoms. The molecule has 0 atom stereocenters. The highest BCUT2D eigenvalue weighted by molar-refractivity contribution is 5.59. The van der Waals surface area contributed by atoms with Gasteiger partial charge in [0.05, 0.1) is 18.5 Å². The Kier molecular flexibility index (Phi) is 6.26. The number of nitrogens with zero attached hydrogens (tertiary/aromatic N) is 1. The van der Waals surface area contributed by atoms with Gasteiger partial charge in [-0.05, 0) is 37.0 Å². The van der Waals surface area contributed by atoms with E-state index >= 15 is 0 Å². The van der Waals surface area contributed by atoms with Crippen LogP contribution >= 0.6 is 0 Å². The lowest BCUT2D eigenvalue weighted by Gasteiger charge is -2.06. The minimum Gasteiger partial charge on any atom is -0.492 e. The third kappa shape index (κ3) is 4.89. The van der Waals surface area contributed by atoms with Crippen molar-refractivity contribution in [3.8, 4) is 17.0 Å². The highest BCUT2D eigenvalue weighted by atomic mass is 16.5. The molecule has 112 valence electrons. The average Bonchev–Trinajstić information content (AvgIpc) is 2.54. The molecule has 2 nitrogen and oxygen atoms in total. The molecule has 0 amide bonds. The summed E-state index contributed by atoms with van der Waals surface area (Å²) in [6.07, 6.45) is 7.85. The molecule has 0 saturated carbocycles. The third-order valence-electron chi connectivity index (χ3n) is 3.53. The molecule has 1 aromatic carbocycles. The van der Waals surface area contributed by atoms with Gasteiger partial charge in [-0.1, -0.05) is 51.0 Å². The van der Waals surface area contributed by atoms with E-state index in [1.807, 2.05) is 12.1 Å². The van der Waals surface area contributed by atoms with Gasteiger partial charge < -0.3 is 4.74 Å². The molecule has 0 fully saturated rings. The highest BCUT2D eigenvalue weighted by Gasteiger charge is 2.01. The number of hydrogen-bond acceptors (Lipinski definition) is 2. The molecule has 0 aliphatic rings. The number of benzene rings is 1. The Balaban J connectivity index is 1.97. The Hall–Kier alpha value is -1.83. The van der Waals surface area contributed by atoms with Crippen molar-refractivity contribution in [1.82, 2.24) is 4.98 Å². The molecule has 1 aromatic heterocycles. The molecule has 2 aromatic rings. The maximum Gasteiger partial charge on any atom is 0.137 e. The molecule has 0 unspecified atom stereocenters. The quantitative estimate of drug-likeness (QED) is 0.616. The Morgan fingerprint density at radius 1 is 0.905 bits per heavy atom. The standard InChI is InChI=1S/C19H25NO/c1-3-5-6-7-16-8-10-17(11-9-16)19-13-12-18(15-20-19)21-14-4-2/h8-13,15H,3-7,14H2,1-2H3. The molecule has 0 aliphatic carbocycles. The molecule has 0 bridgehead atoms.